The van der Waals surface area contributed by atoms with Crippen molar-refractivity contribution in [3.05, 3.63) is 6.20 Å². The number of carbonyl (C=O) groups excluding carboxylic acids is 1. The van der Waals surface area contributed by atoms with Crippen LogP contribution in [0.15, 0.2) is 6.20 Å². The van der Waals surface area contributed by atoms with Crippen LogP contribution in [0.4, 0.5) is 10.6 Å². The number of carbonyl (C=O) groups is 1. The maximum Gasteiger partial charge on any atom is 0.320 e. The number of amides is 2. The highest BCUT2D eigenvalue weighted by Crippen LogP contribution is 2.25. The van der Waals surface area contributed by atoms with Crippen LogP contribution in [0, 0.1) is 0 Å². The minimum Gasteiger partial charge on any atom is -0.381 e. The lowest BCUT2D eigenvalue weighted by atomic mass is 9.88. The van der Waals surface area contributed by atoms with Gasteiger partial charge in [0.25, 0.3) is 0 Å². The van der Waals surface area contributed by atoms with Crippen LogP contribution in [-0.4, -0.2) is 65.3 Å². The van der Waals surface area contributed by atoms with Gasteiger partial charge in [-0.05, 0) is 26.9 Å². The molecular weight excluding hydrogens is 260 g/mol. The molecule has 1 saturated heterocycles. The van der Waals surface area contributed by atoms with E-state index < -0.39 is 0 Å². The number of nitrogens with zero attached hydrogens (tertiary/aromatic N) is 4. The van der Waals surface area contributed by atoms with Crippen LogP contribution in [0.3, 0.4) is 0 Å². The summed E-state index contributed by atoms with van der Waals surface area (Å²) >= 11 is 0. The molecule has 0 spiro atoms. The van der Waals surface area contributed by atoms with Crippen molar-refractivity contribution >= 4 is 11.8 Å². The average Bonchev–Trinajstić information content (AvgIpc) is 2.83. The monoisotopic (exact) mass is 282 g/mol. The molecule has 2 N–H and O–H groups in total. The van der Waals surface area contributed by atoms with E-state index in [4.69, 9.17) is 4.74 Å². The van der Waals surface area contributed by atoms with Crippen LogP contribution >= 0.6 is 0 Å². The number of hydrogen-bond donors (Lipinski definition) is 2. The Kier molecular flexibility index (Phi) is 4.56. The van der Waals surface area contributed by atoms with Gasteiger partial charge in [-0.3, -0.25) is 10.00 Å². The van der Waals surface area contributed by atoms with Crippen LogP contribution in [0.1, 0.15) is 12.8 Å². The Morgan fingerprint density at radius 1 is 1.50 bits per heavy atom. The number of aryl methyl sites for hydroxylation is 1. The Labute approximate surface area is 118 Å². The van der Waals surface area contributed by atoms with Crippen molar-refractivity contribution in [3.8, 4) is 0 Å². The summed E-state index contributed by atoms with van der Waals surface area (Å²) in [5, 5.41) is 13.1. The second-order valence-corrected chi connectivity index (χ2v) is 5.32. The number of nitrogens with one attached hydrogen (secondary N) is 2. The van der Waals surface area contributed by atoms with Crippen LogP contribution in [0.5, 0.6) is 0 Å². The van der Waals surface area contributed by atoms with Gasteiger partial charge in [0.2, 0.25) is 0 Å². The third-order valence-electron chi connectivity index (χ3n) is 3.79. The Hall–Kier alpha value is -1.67. The Bertz CT molecular complexity index is 453. The van der Waals surface area contributed by atoms with Crippen molar-refractivity contribution in [1.82, 2.24) is 25.2 Å². The van der Waals surface area contributed by atoms with E-state index in [1.54, 1.807) is 13.2 Å². The smallest absolute Gasteiger partial charge is 0.320 e. The molecule has 112 valence electrons. The lowest BCUT2D eigenvalue weighted by Gasteiger charge is -2.42. The predicted octanol–water partition coefficient (Wildman–Crippen LogP) is 0.0474. The summed E-state index contributed by atoms with van der Waals surface area (Å²) in [7, 11) is 5.82. The highest BCUT2D eigenvalue weighted by atomic mass is 16.5. The van der Waals surface area contributed by atoms with Crippen molar-refractivity contribution in [3.63, 3.8) is 0 Å². The summed E-state index contributed by atoms with van der Waals surface area (Å²) < 4.78 is 6.94. The molecule has 1 aliphatic rings. The van der Waals surface area contributed by atoms with Crippen molar-refractivity contribution in [2.75, 3.05) is 39.2 Å². The van der Waals surface area contributed by atoms with E-state index in [0.717, 1.165) is 26.1 Å². The zero-order valence-electron chi connectivity index (χ0n) is 12.2. The van der Waals surface area contributed by atoms with Gasteiger partial charge in [0.1, 0.15) is 0 Å². The first kappa shape index (κ1) is 14.7. The number of rotatable bonds is 4. The predicted molar refractivity (Wildman–Crippen MR) is 74.5 cm³/mol. The number of hydrogen-bond acceptors (Lipinski definition) is 5. The highest BCUT2D eigenvalue weighted by Gasteiger charge is 2.35. The number of urea groups is 1. The van der Waals surface area contributed by atoms with E-state index in [9.17, 15) is 4.79 Å². The lowest BCUT2D eigenvalue weighted by Crippen LogP contribution is -2.56. The quantitative estimate of drug-likeness (QED) is 0.815. The van der Waals surface area contributed by atoms with E-state index in [2.05, 4.69) is 25.8 Å². The molecule has 1 aliphatic heterocycles. The maximum absolute atomic E-state index is 11.9. The summed E-state index contributed by atoms with van der Waals surface area (Å²) in [5.74, 6) is 0.441. The lowest BCUT2D eigenvalue weighted by molar-refractivity contribution is -0.00553. The fraction of sp³-hybridized carbons (Fsp3) is 0.750. The normalized spacial score (nSPS) is 18.0. The Balaban J connectivity index is 1.87. The van der Waals surface area contributed by atoms with Gasteiger partial charge in [-0.25, -0.2) is 4.79 Å². The third kappa shape index (κ3) is 3.45. The number of aromatic nitrogens is 3. The maximum atomic E-state index is 11.9. The van der Waals surface area contributed by atoms with Gasteiger partial charge >= 0.3 is 6.03 Å². The molecule has 0 aliphatic carbocycles. The molecule has 0 unspecified atom stereocenters. The molecule has 1 fully saturated rings. The highest BCUT2D eigenvalue weighted by molar-refractivity contribution is 5.87. The standard InChI is InChI=1S/C12H22N6O2/c1-17(2)12(4-6-20-7-5-12)9-13-11(19)14-10-8-18(3)16-15-10/h8H,4-7,9H2,1-3H3,(H2,13,14,19). The first-order valence-electron chi connectivity index (χ1n) is 6.68. The third-order valence-corrected chi connectivity index (χ3v) is 3.79. The van der Waals surface area contributed by atoms with Crippen LogP contribution in [0.25, 0.3) is 0 Å². The molecule has 20 heavy (non-hydrogen) atoms. The van der Waals surface area contributed by atoms with E-state index in [-0.39, 0.29) is 11.6 Å². The molecule has 2 heterocycles. The zero-order valence-corrected chi connectivity index (χ0v) is 12.2. The molecule has 0 aromatic carbocycles. The van der Waals surface area contributed by atoms with Gasteiger partial charge in [0.15, 0.2) is 5.82 Å². The molecule has 2 rings (SSSR count). The van der Waals surface area contributed by atoms with Crippen molar-refractivity contribution in [1.29, 1.82) is 0 Å². The van der Waals surface area contributed by atoms with Crippen molar-refractivity contribution in [2.45, 2.75) is 18.4 Å². The molecule has 0 atom stereocenters. The van der Waals surface area contributed by atoms with Crippen LogP contribution in [-0.2, 0) is 11.8 Å². The van der Waals surface area contributed by atoms with E-state index in [1.807, 2.05) is 14.1 Å². The number of anilines is 1. The first-order chi connectivity index (χ1) is 9.52. The molecule has 0 saturated carbocycles. The van der Waals surface area contributed by atoms with Gasteiger partial charge in [-0.2, -0.15) is 0 Å². The second kappa shape index (κ2) is 6.19. The number of likely N-dealkylation sites (N-methyl/N-ethyl adjacent to an activating group) is 1. The van der Waals surface area contributed by atoms with E-state index >= 15 is 0 Å². The molecule has 0 radical (unpaired) electrons. The van der Waals surface area contributed by atoms with Gasteiger partial charge in [-0.1, -0.05) is 5.21 Å². The molecular formula is C12H22N6O2. The molecule has 1 aromatic heterocycles. The van der Waals surface area contributed by atoms with Crippen LogP contribution in [0.2, 0.25) is 0 Å². The SMILES string of the molecule is CN(C)C1(CNC(=O)Nc2cn(C)nn2)CCOCC1. The fourth-order valence-corrected chi connectivity index (χ4v) is 2.34. The second-order valence-electron chi connectivity index (χ2n) is 5.32. The summed E-state index contributed by atoms with van der Waals surface area (Å²) in [4.78, 5) is 14.0. The molecule has 0 bridgehead atoms. The summed E-state index contributed by atoms with van der Waals surface area (Å²) in [6.45, 7) is 2.03. The van der Waals surface area contributed by atoms with Gasteiger partial charge in [-0.15, -0.1) is 5.10 Å². The fourth-order valence-electron chi connectivity index (χ4n) is 2.34. The molecule has 8 nitrogen and oxygen atoms in total. The summed E-state index contributed by atoms with van der Waals surface area (Å²) in [6, 6.07) is -0.266. The Morgan fingerprint density at radius 3 is 2.75 bits per heavy atom. The van der Waals surface area contributed by atoms with Gasteiger partial charge in [0, 0.05) is 32.3 Å². The first-order valence-corrected chi connectivity index (χ1v) is 6.68. The summed E-state index contributed by atoms with van der Waals surface area (Å²) in [6.07, 6.45) is 3.46. The van der Waals surface area contributed by atoms with E-state index in [0.29, 0.717) is 12.4 Å². The van der Waals surface area contributed by atoms with Crippen LogP contribution < -0.4 is 10.6 Å². The van der Waals surface area contributed by atoms with Crippen molar-refractivity contribution in [2.24, 2.45) is 7.05 Å². The van der Waals surface area contributed by atoms with E-state index in [1.165, 1.54) is 4.68 Å². The largest absolute Gasteiger partial charge is 0.381 e. The van der Waals surface area contributed by atoms with Crippen molar-refractivity contribution < 1.29 is 9.53 Å². The minimum atomic E-state index is -0.266. The zero-order chi connectivity index (χ0) is 14.6. The summed E-state index contributed by atoms with van der Waals surface area (Å²) in [5.41, 5.74) is -0.0437. The topological polar surface area (TPSA) is 84.3 Å². The molecule has 2 amide bonds. The molecule has 8 heteroatoms. The minimum absolute atomic E-state index is 0.0437. The molecule has 1 aromatic rings. The van der Waals surface area contributed by atoms with Gasteiger partial charge < -0.3 is 15.0 Å². The van der Waals surface area contributed by atoms with Gasteiger partial charge in [0.05, 0.1) is 6.20 Å². The number of ether oxygens (including phenoxy) is 1. The average molecular weight is 282 g/mol. The Morgan fingerprint density at radius 2 is 2.20 bits per heavy atom.